The molecule has 1 aliphatic rings. The fourth-order valence-electron chi connectivity index (χ4n) is 4.29. The van der Waals surface area contributed by atoms with E-state index in [4.69, 9.17) is 10.5 Å². The number of primary amides is 1. The molecular weight excluding hydrogens is 457 g/mol. The number of hydrogen-bond acceptors (Lipinski definition) is 4. The molecule has 0 radical (unpaired) electrons. The van der Waals surface area contributed by atoms with Crippen molar-refractivity contribution in [2.45, 2.75) is 51.3 Å². The van der Waals surface area contributed by atoms with Gasteiger partial charge in [0.2, 0.25) is 10.0 Å². The smallest absolute Gasteiger partial charge is 0.251 e. The topological polar surface area (TPSA) is 103 Å². The van der Waals surface area contributed by atoms with Crippen molar-refractivity contribution < 1.29 is 22.3 Å². The second-order valence-corrected chi connectivity index (χ2v) is 12.2. The van der Waals surface area contributed by atoms with E-state index < -0.39 is 26.5 Å². The number of carbonyl (C=O) groups is 1. The van der Waals surface area contributed by atoms with E-state index in [1.165, 1.54) is 6.07 Å². The van der Waals surface area contributed by atoms with E-state index in [0.717, 1.165) is 18.4 Å². The zero-order valence-electron chi connectivity index (χ0n) is 19.8. The number of ether oxygens (including phenoxy) is 1. The number of benzene rings is 2. The van der Waals surface area contributed by atoms with Crippen molar-refractivity contribution in [3.05, 3.63) is 53.3 Å². The molecular formula is C25H30FN3O4S. The van der Waals surface area contributed by atoms with Crippen molar-refractivity contribution >= 4 is 32.5 Å². The predicted molar refractivity (Wildman–Crippen MR) is 132 cm³/mol. The Morgan fingerprint density at radius 3 is 2.32 bits per heavy atom. The number of rotatable bonds is 5. The van der Waals surface area contributed by atoms with Gasteiger partial charge in [0.25, 0.3) is 5.91 Å². The lowest BCUT2D eigenvalue weighted by Crippen LogP contribution is -2.33. The van der Waals surface area contributed by atoms with Crippen molar-refractivity contribution in [1.82, 2.24) is 4.57 Å². The Bertz CT molecular complexity index is 1350. The Balaban J connectivity index is 1.91. The Labute approximate surface area is 199 Å². The van der Waals surface area contributed by atoms with E-state index in [2.05, 4.69) is 9.29 Å². The summed E-state index contributed by atoms with van der Waals surface area (Å²) >= 11 is 0. The summed E-state index contributed by atoms with van der Waals surface area (Å²) in [4.78, 5) is 12.6. The van der Waals surface area contributed by atoms with Gasteiger partial charge in [-0.05, 0) is 75.9 Å². The molecule has 0 saturated carbocycles. The summed E-state index contributed by atoms with van der Waals surface area (Å²) in [6, 6.07) is 9.98. The Morgan fingerprint density at radius 2 is 1.76 bits per heavy atom. The van der Waals surface area contributed by atoms with Gasteiger partial charge in [0, 0.05) is 30.3 Å². The molecule has 0 bridgehead atoms. The van der Waals surface area contributed by atoms with Crippen molar-refractivity contribution in [3.63, 3.8) is 0 Å². The molecule has 3 aromatic rings. The van der Waals surface area contributed by atoms with Gasteiger partial charge in [-0.2, -0.15) is 0 Å². The number of hydrogen-bond donors (Lipinski definition) is 2. The van der Waals surface area contributed by atoms with Gasteiger partial charge in [-0.1, -0.05) is 12.1 Å². The second kappa shape index (κ2) is 8.70. The summed E-state index contributed by atoms with van der Waals surface area (Å²) in [7, 11) is -3.59. The quantitative estimate of drug-likeness (QED) is 0.542. The van der Waals surface area contributed by atoms with Crippen LogP contribution in [0.25, 0.3) is 22.2 Å². The highest BCUT2D eigenvalue weighted by Crippen LogP contribution is 2.40. The number of amides is 1. The van der Waals surface area contributed by atoms with Crippen molar-refractivity contribution in [1.29, 1.82) is 0 Å². The van der Waals surface area contributed by atoms with Gasteiger partial charge in [-0.15, -0.1) is 0 Å². The lowest BCUT2D eigenvalue weighted by atomic mass is 10.0. The molecule has 34 heavy (non-hydrogen) atoms. The summed E-state index contributed by atoms with van der Waals surface area (Å²) in [5, 5.41) is 0.467. The molecule has 0 unspecified atom stereocenters. The maximum absolute atomic E-state index is 14.5. The highest BCUT2D eigenvalue weighted by atomic mass is 32.2. The van der Waals surface area contributed by atoms with Gasteiger partial charge in [-0.25, -0.2) is 12.8 Å². The van der Waals surface area contributed by atoms with Gasteiger partial charge in [-0.3, -0.25) is 9.52 Å². The maximum atomic E-state index is 14.5. The van der Waals surface area contributed by atoms with Gasteiger partial charge < -0.3 is 15.0 Å². The van der Waals surface area contributed by atoms with E-state index in [-0.39, 0.29) is 11.6 Å². The molecule has 1 aliphatic heterocycles. The Kier molecular flexibility index (Phi) is 6.20. The number of carbonyl (C=O) groups excluding carboxylic acids is 1. The van der Waals surface area contributed by atoms with E-state index in [0.29, 0.717) is 41.1 Å². The van der Waals surface area contributed by atoms with Crippen molar-refractivity contribution in [2.24, 2.45) is 5.73 Å². The first-order valence-corrected chi connectivity index (χ1v) is 12.7. The minimum atomic E-state index is -3.59. The van der Waals surface area contributed by atoms with Gasteiger partial charge in [0.15, 0.2) is 0 Å². The van der Waals surface area contributed by atoms with Crippen LogP contribution in [0.2, 0.25) is 0 Å². The van der Waals surface area contributed by atoms with Gasteiger partial charge >= 0.3 is 0 Å². The molecule has 3 N–H and O–H groups in total. The molecule has 1 amide bonds. The molecule has 7 nitrogen and oxygen atoms in total. The lowest BCUT2D eigenvalue weighted by Gasteiger charge is -2.27. The summed E-state index contributed by atoms with van der Waals surface area (Å²) in [5.74, 6) is -1.05. The summed E-state index contributed by atoms with van der Waals surface area (Å²) in [6.07, 6.45) is 1.49. The van der Waals surface area contributed by atoms with Crippen LogP contribution in [0, 0.1) is 12.7 Å². The third-order valence-corrected chi connectivity index (χ3v) is 8.42. The number of halogens is 1. The number of aromatic nitrogens is 1. The van der Waals surface area contributed by atoms with Crippen LogP contribution in [0.4, 0.5) is 10.1 Å². The van der Waals surface area contributed by atoms with Crippen LogP contribution in [-0.2, 0) is 14.8 Å². The van der Waals surface area contributed by atoms with Crippen LogP contribution < -0.4 is 10.5 Å². The largest absolute Gasteiger partial charge is 0.381 e. The molecule has 182 valence electrons. The molecule has 2 heterocycles. The Morgan fingerprint density at radius 1 is 1.15 bits per heavy atom. The third-order valence-electron chi connectivity index (χ3n) is 6.30. The molecule has 4 rings (SSSR count). The van der Waals surface area contributed by atoms with Crippen LogP contribution in [0.5, 0.6) is 0 Å². The average Bonchev–Trinajstić information content (AvgIpc) is 3.08. The summed E-state index contributed by atoms with van der Waals surface area (Å²) < 4.78 is 48.8. The molecule has 0 atom stereocenters. The Hall–Kier alpha value is -2.91. The van der Waals surface area contributed by atoms with Crippen LogP contribution in [0.1, 0.15) is 55.6 Å². The number of nitrogens with one attached hydrogen (secondary N) is 1. The maximum Gasteiger partial charge on any atom is 0.251 e. The van der Waals surface area contributed by atoms with Crippen LogP contribution in [-0.4, -0.2) is 36.9 Å². The van der Waals surface area contributed by atoms with Gasteiger partial charge in [0.1, 0.15) is 5.82 Å². The average molecular weight is 488 g/mol. The van der Waals surface area contributed by atoms with E-state index in [9.17, 15) is 17.6 Å². The molecule has 2 aromatic carbocycles. The number of sulfonamides is 1. The van der Waals surface area contributed by atoms with Crippen LogP contribution in [0.3, 0.4) is 0 Å². The molecule has 0 aliphatic carbocycles. The number of anilines is 1. The normalized spacial score (nSPS) is 15.6. The molecule has 1 saturated heterocycles. The minimum Gasteiger partial charge on any atom is -0.381 e. The standard InChI is InChI=1S/C25H30FN3O4S/c1-15-13-21-19(14-20(15)26)22(24(27)30)23(29(21)18-9-11-33-12-10-18)16-5-7-17(8-6-16)28-34(31,32)25(2,3)4/h5-8,13-14,18,28H,9-12H2,1-4H3,(H2,27,30). The second-order valence-electron chi connectivity index (χ2n) is 9.72. The van der Waals surface area contributed by atoms with E-state index in [1.807, 2.05) is 0 Å². The van der Waals surface area contributed by atoms with Crippen molar-refractivity contribution in [2.75, 3.05) is 17.9 Å². The summed E-state index contributed by atoms with van der Waals surface area (Å²) in [5.41, 5.74) is 9.00. The molecule has 0 spiro atoms. The third kappa shape index (κ3) is 4.30. The van der Waals surface area contributed by atoms with Crippen LogP contribution >= 0.6 is 0 Å². The molecule has 1 aromatic heterocycles. The number of aryl methyl sites for hydroxylation is 1. The fraction of sp³-hybridized carbons (Fsp3) is 0.400. The van der Waals surface area contributed by atoms with Crippen LogP contribution in [0.15, 0.2) is 36.4 Å². The molecule has 9 heteroatoms. The first-order valence-electron chi connectivity index (χ1n) is 11.2. The predicted octanol–water partition coefficient (Wildman–Crippen LogP) is 4.75. The SMILES string of the molecule is Cc1cc2c(cc1F)c(C(N)=O)c(-c1ccc(NS(=O)(=O)C(C)(C)C)cc1)n2C1CCOCC1. The fourth-order valence-corrected chi connectivity index (χ4v) is 5.05. The van der Waals surface area contributed by atoms with E-state index in [1.54, 1.807) is 58.0 Å². The minimum absolute atomic E-state index is 0.0447. The zero-order chi connectivity index (χ0) is 24.8. The number of nitrogens with two attached hydrogens (primary N) is 1. The molecule has 1 fully saturated rings. The highest BCUT2D eigenvalue weighted by molar-refractivity contribution is 7.94. The first-order chi connectivity index (χ1) is 15.9. The zero-order valence-corrected chi connectivity index (χ0v) is 20.6. The monoisotopic (exact) mass is 487 g/mol. The lowest BCUT2D eigenvalue weighted by molar-refractivity contribution is 0.0711. The first kappa shape index (κ1) is 24.2. The van der Waals surface area contributed by atoms with E-state index >= 15 is 0 Å². The highest BCUT2D eigenvalue weighted by Gasteiger charge is 2.30. The number of fused-ring (bicyclic) bond motifs is 1. The van der Waals surface area contributed by atoms with Gasteiger partial charge in [0.05, 0.1) is 21.5 Å². The summed E-state index contributed by atoms with van der Waals surface area (Å²) in [6.45, 7) is 7.73. The number of nitrogens with zero attached hydrogens (tertiary/aromatic N) is 1. The van der Waals surface area contributed by atoms with Crippen molar-refractivity contribution in [3.8, 4) is 11.3 Å².